The van der Waals surface area contributed by atoms with E-state index in [-0.39, 0.29) is 11.3 Å². The van der Waals surface area contributed by atoms with Gasteiger partial charge < -0.3 is 5.32 Å². The number of carbonyl (C=O) groups is 1. The molecule has 1 N–H and O–H groups in total. The van der Waals surface area contributed by atoms with Crippen molar-refractivity contribution < 1.29 is 4.79 Å². The minimum atomic E-state index is 0.0477. The molecule has 2 aromatic rings. The molecule has 1 amide bonds. The molecule has 4 heteroatoms. The molecule has 1 saturated heterocycles. The van der Waals surface area contributed by atoms with Gasteiger partial charge >= 0.3 is 0 Å². The Labute approximate surface area is 161 Å². The van der Waals surface area contributed by atoms with Gasteiger partial charge in [-0.1, -0.05) is 39.0 Å². The second-order valence-corrected chi connectivity index (χ2v) is 9.37. The summed E-state index contributed by atoms with van der Waals surface area (Å²) in [4.78, 5) is 16.4. The summed E-state index contributed by atoms with van der Waals surface area (Å²) in [5.41, 5.74) is 2.13. The third-order valence-corrected chi connectivity index (χ3v) is 6.09. The average molecular weight is 371 g/mol. The molecule has 2 heterocycles. The van der Waals surface area contributed by atoms with Gasteiger partial charge in [-0.25, -0.2) is 0 Å². The fourth-order valence-corrected chi connectivity index (χ4v) is 4.18. The molecule has 140 valence electrons. The normalized spacial score (nSPS) is 16.6. The molecule has 1 fully saturated rings. The summed E-state index contributed by atoms with van der Waals surface area (Å²) in [5, 5.41) is 5.28. The van der Waals surface area contributed by atoms with E-state index in [1.807, 2.05) is 23.5 Å². The van der Waals surface area contributed by atoms with Crippen LogP contribution in [0.5, 0.6) is 0 Å². The van der Waals surface area contributed by atoms with Gasteiger partial charge in [0.15, 0.2) is 0 Å². The Morgan fingerprint density at radius 3 is 2.42 bits per heavy atom. The number of hydrogen-bond donors (Lipinski definition) is 1. The number of nitrogens with one attached hydrogen (secondary N) is 1. The topological polar surface area (TPSA) is 32.3 Å². The summed E-state index contributed by atoms with van der Waals surface area (Å²) in [6.07, 6.45) is 2.32. The molecule has 0 saturated carbocycles. The summed E-state index contributed by atoms with van der Waals surface area (Å²) < 4.78 is 0. The van der Waals surface area contributed by atoms with Gasteiger partial charge in [0.1, 0.15) is 0 Å². The lowest BCUT2D eigenvalue weighted by Crippen LogP contribution is -2.38. The number of amides is 1. The second kappa shape index (κ2) is 8.36. The molecule has 26 heavy (non-hydrogen) atoms. The lowest BCUT2D eigenvalue weighted by molar-refractivity contribution is 0.0935. The van der Waals surface area contributed by atoms with Crippen LogP contribution < -0.4 is 5.32 Å². The number of likely N-dealkylation sites (tertiary alicyclic amines) is 1. The number of piperidine rings is 1. The first-order chi connectivity index (χ1) is 12.4. The molecule has 0 unspecified atom stereocenters. The van der Waals surface area contributed by atoms with E-state index in [1.165, 1.54) is 10.4 Å². The van der Waals surface area contributed by atoms with Crippen LogP contribution in [0, 0.1) is 5.92 Å². The van der Waals surface area contributed by atoms with Crippen molar-refractivity contribution in [2.45, 2.75) is 45.6 Å². The van der Waals surface area contributed by atoms with Crippen molar-refractivity contribution in [2.75, 3.05) is 19.6 Å². The molecular formula is C22H30N2OS. The molecule has 1 aromatic heterocycles. The molecule has 1 aliphatic rings. The van der Waals surface area contributed by atoms with Crippen LogP contribution in [0.2, 0.25) is 0 Å². The first kappa shape index (κ1) is 19.1. The van der Waals surface area contributed by atoms with Crippen molar-refractivity contribution in [3.63, 3.8) is 0 Å². The van der Waals surface area contributed by atoms with Gasteiger partial charge in [-0.3, -0.25) is 9.69 Å². The maximum atomic E-state index is 12.4. The molecule has 0 radical (unpaired) electrons. The van der Waals surface area contributed by atoms with Crippen LogP contribution in [0.3, 0.4) is 0 Å². The Kier molecular flexibility index (Phi) is 6.15. The standard InChI is InChI=1S/C22H30N2OS/c1-22(2,3)19-8-6-18(7-9-19)21(25)23-15-17-10-12-24(13-11-17)16-20-5-4-14-26-20/h4-9,14,17H,10-13,15-16H2,1-3H3,(H,23,25). The lowest BCUT2D eigenvalue weighted by Gasteiger charge is -2.31. The highest BCUT2D eigenvalue weighted by Crippen LogP contribution is 2.23. The van der Waals surface area contributed by atoms with E-state index in [1.54, 1.807) is 0 Å². The molecule has 0 atom stereocenters. The quantitative estimate of drug-likeness (QED) is 0.828. The number of hydrogen-bond acceptors (Lipinski definition) is 3. The smallest absolute Gasteiger partial charge is 0.251 e. The van der Waals surface area contributed by atoms with Gasteiger partial charge in [-0.15, -0.1) is 11.3 Å². The summed E-state index contributed by atoms with van der Waals surface area (Å²) in [6.45, 7) is 10.7. The van der Waals surface area contributed by atoms with E-state index in [0.29, 0.717) is 5.92 Å². The minimum Gasteiger partial charge on any atom is -0.352 e. The van der Waals surface area contributed by atoms with Crippen LogP contribution >= 0.6 is 11.3 Å². The van der Waals surface area contributed by atoms with Crippen molar-refractivity contribution in [2.24, 2.45) is 5.92 Å². The van der Waals surface area contributed by atoms with Crippen LogP contribution in [0.4, 0.5) is 0 Å². The predicted molar refractivity (Wildman–Crippen MR) is 110 cm³/mol. The number of nitrogens with zero attached hydrogens (tertiary/aromatic N) is 1. The molecule has 3 nitrogen and oxygen atoms in total. The SMILES string of the molecule is CC(C)(C)c1ccc(C(=O)NCC2CCN(Cc3cccs3)CC2)cc1. The van der Waals surface area contributed by atoms with Crippen molar-refractivity contribution in [3.8, 4) is 0 Å². The fourth-order valence-electron chi connectivity index (χ4n) is 3.43. The molecule has 3 rings (SSSR count). The third-order valence-electron chi connectivity index (χ3n) is 5.23. The summed E-state index contributed by atoms with van der Waals surface area (Å²) >= 11 is 1.83. The zero-order chi connectivity index (χ0) is 18.6. The monoisotopic (exact) mass is 370 g/mol. The van der Waals surface area contributed by atoms with Gasteiger partial charge in [0.25, 0.3) is 5.91 Å². The molecule has 0 aliphatic carbocycles. The van der Waals surface area contributed by atoms with Gasteiger partial charge in [0, 0.05) is 23.5 Å². The van der Waals surface area contributed by atoms with Crippen molar-refractivity contribution in [3.05, 3.63) is 57.8 Å². The second-order valence-electron chi connectivity index (χ2n) is 8.34. The van der Waals surface area contributed by atoms with E-state index in [2.05, 4.69) is 60.6 Å². The van der Waals surface area contributed by atoms with Crippen molar-refractivity contribution >= 4 is 17.2 Å². The first-order valence-electron chi connectivity index (χ1n) is 9.55. The lowest BCUT2D eigenvalue weighted by atomic mass is 9.86. The highest BCUT2D eigenvalue weighted by Gasteiger charge is 2.20. The highest BCUT2D eigenvalue weighted by atomic mass is 32.1. The van der Waals surface area contributed by atoms with Gasteiger partial charge in [0.2, 0.25) is 0 Å². The van der Waals surface area contributed by atoms with Gasteiger partial charge in [-0.05, 0) is 66.4 Å². The van der Waals surface area contributed by atoms with E-state index in [0.717, 1.165) is 44.6 Å². The van der Waals surface area contributed by atoms with E-state index in [9.17, 15) is 4.79 Å². The Hall–Kier alpha value is -1.65. The Morgan fingerprint density at radius 1 is 1.15 bits per heavy atom. The molecular weight excluding hydrogens is 340 g/mol. The molecule has 0 bridgehead atoms. The van der Waals surface area contributed by atoms with Crippen LogP contribution in [-0.4, -0.2) is 30.4 Å². The zero-order valence-corrected chi connectivity index (χ0v) is 16.9. The summed E-state index contributed by atoms with van der Waals surface area (Å²) in [5.74, 6) is 0.638. The molecule has 1 aromatic carbocycles. The van der Waals surface area contributed by atoms with Crippen molar-refractivity contribution in [1.29, 1.82) is 0 Å². The number of benzene rings is 1. The maximum Gasteiger partial charge on any atom is 0.251 e. The number of rotatable bonds is 5. The summed E-state index contributed by atoms with van der Waals surface area (Å²) in [6, 6.07) is 12.4. The van der Waals surface area contributed by atoms with Crippen LogP contribution in [0.1, 0.15) is 54.4 Å². The highest BCUT2D eigenvalue weighted by molar-refractivity contribution is 7.09. The van der Waals surface area contributed by atoms with Crippen LogP contribution in [-0.2, 0) is 12.0 Å². The zero-order valence-electron chi connectivity index (χ0n) is 16.1. The minimum absolute atomic E-state index is 0.0477. The largest absolute Gasteiger partial charge is 0.352 e. The molecule has 0 spiro atoms. The van der Waals surface area contributed by atoms with Crippen LogP contribution in [0.15, 0.2) is 41.8 Å². The van der Waals surface area contributed by atoms with E-state index in [4.69, 9.17) is 0 Å². The summed E-state index contributed by atoms with van der Waals surface area (Å²) in [7, 11) is 0. The predicted octanol–water partition coefficient (Wildman–Crippen LogP) is 4.69. The van der Waals surface area contributed by atoms with Crippen molar-refractivity contribution in [1.82, 2.24) is 10.2 Å². The first-order valence-corrected chi connectivity index (χ1v) is 10.4. The Bertz CT molecular complexity index is 693. The number of thiophene rings is 1. The van der Waals surface area contributed by atoms with Gasteiger partial charge in [-0.2, -0.15) is 0 Å². The Morgan fingerprint density at radius 2 is 1.85 bits per heavy atom. The van der Waals surface area contributed by atoms with E-state index >= 15 is 0 Å². The average Bonchev–Trinajstić information content (AvgIpc) is 3.13. The van der Waals surface area contributed by atoms with Crippen LogP contribution in [0.25, 0.3) is 0 Å². The third kappa shape index (κ3) is 5.18. The number of carbonyl (C=O) groups excluding carboxylic acids is 1. The molecule has 1 aliphatic heterocycles. The fraction of sp³-hybridized carbons (Fsp3) is 0.500. The Balaban J connectivity index is 1.42. The van der Waals surface area contributed by atoms with E-state index < -0.39 is 0 Å². The maximum absolute atomic E-state index is 12.4. The van der Waals surface area contributed by atoms with Gasteiger partial charge in [0.05, 0.1) is 0 Å².